The van der Waals surface area contributed by atoms with Gasteiger partial charge in [0.25, 0.3) is 0 Å². The van der Waals surface area contributed by atoms with Crippen LogP contribution < -0.4 is 10.5 Å². The summed E-state index contributed by atoms with van der Waals surface area (Å²) in [4.78, 5) is 4.63. The summed E-state index contributed by atoms with van der Waals surface area (Å²) in [5, 5.41) is 0. The SMILES string of the molecule is COc1ccc2nc(C3(C)CCCCC3N)oc2c1. The van der Waals surface area contributed by atoms with Crippen molar-refractivity contribution in [3.63, 3.8) is 0 Å². The molecule has 2 N–H and O–H groups in total. The van der Waals surface area contributed by atoms with Gasteiger partial charge in [-0.25, -0.2) is 4.98 Å². The van der Waals surface area contributed by atoms with Crippen molar-refractivity contribution >= 4 is 11.1 Å². The van der Waals surface area contributed by atoms with E-state index < -0.39 is 0 Å². The van der Waals surface area contributed by atoms with Crippen molar-refractivity contribution < 1.29 is 9.15 Å². The Morgan fingerprint density at radius 3 is 3.00 bits per heavy atom. The topological polar surface area (TPSA) is 61.3 Å². The Morgan fingerprint density at radius 2 is 2.26 bits per heavy atom. The first-order valence-corrected chi connectivity index (χ1v) is 6.84. The Morgan fingerprint density at radius 1 is 1.42 bits per heavy atom. The first-order chi connectivity index (χ1) is 9.13. The minimum Gasteiger partial charge on any atom is -0.497 e. The molecule has 0 radical (unpaired) electrons. The molecule has 1 heterocycles. The van der Waals surface area contributed by atoms with E-state index in [-0.39, 0.29) is 11.5 Å². The lowest BCUT2D eigenvalue weighted by Gasteiger charge is -2.36. The van der Waals surface area contributed by atoms with E-state index in [9.17, 15) is 0 Å². The largest absolute Gasteiger partial charge is 0.497 e. The molecule has 4 heteroatoms. The number of ether oxygens (including phenoxy) is 1. The predicted molar refractivity (Wildman–Crippen MR) is 74.4 cm³/mol. The number of nitrogens with two attached hydrogens (primary N) is 1. The third kappa shape index (κ3) is 2.00. The first-order valence-electron chi connectivity index (χ1n) is 6.84. The molecule has 19 heavy (non-hydrogen) atoms. The maximum Gasteiger partial charge on any atom is 0.202 e. The van der Waals surface area contributed by atoms with Gasteiger partial charge in [0, 0.05) is 12.1 Å². The highest BCUT2D eigenvalue weighted by atomic mass is 16.5. The maximum absolute atomic E-state index is 6.30. The number of fused-ring (bicyclic) bond motifs is 1. The van der Waals surface area contributed by atoms with Crippen molar-refractivity contribution in [2.45, 2.75) is 44.1 Å². The lowest BCUT2D eigenvalue weighted by molar-refractivity contribution is 0.226. The summed E-state index contributed by atoms with van der Waals surface area (Å²) in [5.41, 5.74) is 7.79. The van der Waals surface area contributed by atoms with Crippen LogP contribution in [-0.4, -0.2) is 18.1 Å². The van der Waals surface area contributed by atoms with Gasteiger partial charge < -0.3 is 14.9 Å². The third-order valence-corrected chi connectivity index (χ3v) is 4.36. The van der Waals surface area contributed by atoms with Crippen molar-refractivity contribution in [2.24, 2.45) is 5.73 Å². The smallest absolute Gasteiger partial charge is 0.202 e. The Bertz CT molecular complexity index is 593. The molecule has 3 rings (SSSR count). The quantitative estimate of drug-likeness (QED) is 0.901. The number of hydrogen-bond donors (Lipinski definition) is 1. The predicted octanol–water partition coefficient (Wildman–Crippen LogP) is 3.00. The summed E-state index contributed by atoms with van der Waals surface area (Å²) in [5.74, 6) is 1.55. The van der Waals surface area contributed by atoms with Crippen molar-refractivity contribution in [2.75, 3.05) is 7.11 Å². The molecule has 1 saturated carbocycles. The fraction of sp³-hybridized carbons (Fsp3) is 0.533. The molecule has 0 amide bonds. The molecule has 1 aliphatic rings. The van der Waals surface area contributed by atoms with Crippen LogP contribution in [0.5, 0.6) is 5.75 Å². The minimum absolute atomic E-state index is 0.121. The number of methoxy groups -OCH3 is 1. The highest BCUT2D eigenvalue weighted by Crippen LogP contribution is 2.39. The van der Waals surface area contributed by atoms with Crippen LogP contribution in [-0.2, 0) is 5.41 Å². The van der Waals surface area contributed by atoms with E-state index in [1.54, 1.807) is 7.11 Å². The van der Waals surface area contributed by atoms with E-state index in [4.69, 9.17) is 14.9 Å². The van der Waals surface area contributed by atoms with Gasteiger partial charge in [0.05, 0.1) is 12.5 Å². The number of oxazole rings is 1. The van der Waals surface area contributed by atoms with E-state index in [0.717, 1.165) is 35.6 Å². The highest BCUT2D eigenvalue weighted by molar-refractivity contribution is 5.74. The standard InChI is InChI=1S/C15H20N2O2/c1-15(8-4-3-5-13(15)16)14-17-11-7-6-10(18-2)9-12(11)19-14/h6-7,9,13H,3-5,8,16H2,1-2H3. The molecule has 102 valence electrons. The lowest BCUT2D eigenvalue weighted by Crippen LogP contribution is -2.45. The van der Waals surface area contributed by atoms with Crippen LogP contribution >= 0.6 is 0 Å². The van der Waals surface area contributed by atoms with Crippen LogP contribution in [0.1, 0.15) is 38.5 Å². The normalized spacial score (nSPS) is 27.6. The van der Waals surface area contributed by atoms with Gasteiger partial charge in [0.15, 0.2) is 5.58 Å². The molecule has 1 aromatic heterocycles. The van der Waals surface area contributed by atoms with Crippen LogP contribution in [0, 0.1) is 0 Å². The van der Waals surface area contributed by atoms with Gasteiger partial charge in [-0.05, 0) is 31.9 Å². The number of benzene rings is 1. The summed E-state index contributed by atoms with van der Waals surface area (Å²) >= 11 is 0. The van der Waals surface area contributed by atoms with E-state index in [1.165, 1.54) is 12.8 Å². The van der Waals surface area contributed by atoms with Crippen molar-refractivity contribution in [1.29, 1.82) is 0 Å². The van der Waals surface area contributed by atoms with E-state index in [1.807, 2.05) is 18.2 Å². The molecule has 0 bridgehead atoms. The van der Waals surface area contributed by atoms with Crippen molar-refractivity contribution in [3.05, 3.63) is 24.1 Å². The molecule has 1 fully saturated rings. The van der Waals surface area contributed by atoms with Crippen molar-refractivity contribution in [3.8, 4) is 5.75 Å². The Labute approximate surface area is 112 Å². The van der Waals surface area contributed by atoms with Crippen LogP contribution in [0.15, 0.2) is 22.6 Å². The van der Waals surface area contributed by atoms with Gasteiger partial charge in [-0.15, -0.1) is 0 Å². The van der Waals surface area contributed by atoms with Gasteiger partial charge in [-0.2, -0.15) is 0 Å². The van der Waals surface area contributed by atoms with Crippen LogP contribution in [0.25, 0.3) is 11.1 Å². The second-order valence-corrected chi connectivity index (χ2v) is 5.62. The van der Waals surface area contributed by atoms with E-state index in [0.29, 0.717) is 0 Å². The first kappa shape index (κ1) is 12.5. The molecule has 2 aromatic rings. The van der Waals surface area contributed by atoms with Gasteiger partial charge in [0.1, 0.15) is 11.3 Å². The second kappa shape index (κ2) is 4.53. The van der Waals surface area contributed by atoms with Crippen molar-refractivity contribution in [1.82, 2.24) is 4.98 Å². The summed E-state index contributed by atoms with van der Waals surface area (Å²) in [7, 11) is 1.65. The number of aromatic nitrogens is 1. The molecule has 4 nitrogen and oxygen atoms in total. The molecule has 0 saturated heterocycles. The zero-order valence-corrected chi connectivity index (χ0v) is 11.5. The molecule has 2 unspecified atom stereocenters. The molecule has 2 atom stereocenters. The zero-order chi connectivity index (χ0) is 13.5. The average Bonchev–Trinajstić information content (AvgIpc) is 2.85. The molecular weight excluding hydrogens is 240 g/mol. The van der Waals surface area contributed by atoms with Gasteiger partial charge in [0.2, 0.25) is 5.89 Å². The summed E-state index contributed by atoms with van der Waals surface area (Å²) < 4.78 is 11.2. The van der Waals surface area contributed by atoms with Gasteiger partial charge >= 0.3 is 0 Å². The van der Waals surface area contributed by atoms with Crippen LogP contribution in [0.4, 0.5) is 0 Å². The van der Waals surface area contributed by atoms with Gasteiger partial charge in [-0.3, -0.25) is 0 Å². The number of nitrogens with zero attached hydrogens (tertiary/aromatic N) is 1. The summed E-state index contributed by atoms with van der Waals surface area (Å²) in [6, 6.07) is 5.83. The number of rotatable bonds is 2. The maximum atomic E-state index is 6.30. The van der Waals surface area contributed by atoms with Crippen LogP contribution in [0.2, 0.25) is 0 Å². The average molecular weight is 260 g/mol. The molecule has 1 aliphatic carbocycles. The molecule has 0 aliphatic heterocycles. The summed E-state index contributed by atoms with van der Waals surface area (Å²) in [6.45, 7) is 2.17. The molecule has 1 aromatic carbocycles. The Hall–Kier alpha value is -1.55. The molecular formula is C15H20N2O2. The van der Waals surface area contributed by atoms with Crippen LogP contribution in [0.3, 0.4) is 0 Å². The molecule has 0 spiro atoms. The highest BCUT2D eigenvalue weighted by Gasteiger charge is 2.40. The fourth-order valence-electron chi connectivity index (χ4n) is 2.90. The monoisotopic (exact) mass is 260 g/mol. The Kier molecular flexibility index (Phi) is 2.97. The third-order valence-electron chi connectivity index (χ3n) is 4.36. The zero-order valence-electron chi connectivity index (χ0n) is 11.5. The lowest BCUT2D eigenvalue weighted by atomic mass is 9.72. The Balaban J connectivity index is 2.04. The fourth-order valence-corrected chi connectivity index (χ4v) is 2.90. The van der Waals surface area contributed by atoms with E-state index in [2.05, 4.69) is 11.9 Å². The minimum atomic E-state index is -0.148. The number of hydrogen-bond acceptors (Lipinski definition) is 4. The second-order valence-electron chi connectivity index (χ2n) is 5.62. The van der Waals surface area contributed by atoms with E-state index >= 15 is 0 Å². The summed E-state index contributed by atoms with van der Waals surface area (Å²) in [6.07, 6.45) is 4.47. The van der Waals surface area contributed by atoms with Gasteiger partial charge in [-0.1, -0.05) is 12.8 Å².